The predicted octanol–water partition coefficient (Wildman–Crippen LogP) is 1.65. The molecule has 1 aliphatic heterocycles. The second-order valence-electron chi connectivity index (χ2n) is 4.20. The average molecular weight is 243 g/mol. The molecule has 1 aliphatic rings. The molecule has 1 atom stereocenters. The van der Waals surface area contributed by atoms with E-state index in [0.29, 0.717) is 6.04 Å². The minimum atomic E-state index is 0. The summed E-state index contributed by atoms with van der Waals surface area (Å²) in [6, 6.07) is 8.50. The summed E-state index contributed by atoms with van der Waals surface area (Å²) in [5.41, 5.74) is 7.82. The molecule has 0 aliphatic carbocycles. The maximum atomic E-state index is 9.17. The summed E-state index contributed by atoms with van der Waals surface area (Å²) >= 11 is 0. The SMILES string of the molecule is Cl.Nc1cccc(C[C@@H]2CCCN2CO)c1. The second-order valence-corrected chi connectivity index (χ2v) is 4.20. The van der Waals surface area contributed by atoms with E-state index in [2.05, 4.69) is 11.0 Å². The van der Waals surface area contributed by atoms with Gasteiger partial charge in [0.1, 0.15) is 0 Å². The molecule has 0 amide bonds. The van der Waals surface area contributed by atoms with Gasteiger partial charge < -0.3 is 10.8 Å². The van der Waals surface area contributed by atoms with Gasteiger partial charge in [0.15, 0.2) is 0 Å². The van der Waals surface area contributed by atoms with E-state index in [4.69, 9.17) is 5.73 Å². The Morgan fingerprint density at radius 1 is 1.44 bits per heavy atom. The molecule has 0 bridgehead atoms. The highest BCUT2D eigenvalue weighted by atomic mass is 35.5. The number of anilines is 1. The summed E-state index contributed by atoms with van der Waals surface area (Å²) in [6.07, 6.45) is 3.36. The zero-order chi connectivity index (χ0) is 10.7. The van der Waals surface area contributed by atoms with E-state index in [1.54, 1.807) is 0 Å². The third-order valence-electron chi connectivity index (χ3n) is 3.10. The van der Waals surface area contributed by atoms with Crippen molar-refractivity contribution in [3.63, 3.8) is 0 Å². The Kier molecular flexibility index (Phi) is 5.06. The molecule has 1 heterocycles. The molecule has 1 fully saturated rings. The molecule has 3 nitrogen and oxygen atoms in total. The number of nitrogen functional groups attached to an aromatic ring is 1. The van der Waals surface area contributed by atoms with E-state index < -0.39 is 0 Å². The molecule has 0 spiro atoms. The van der Waals surface area contributed by atoms with Crippen molar-refractivity contribution < 1.29 is 5.11 Å². The van der Waals surface area contributed by atoms with Crippen LogP contribution in [0.4, 0.5) is 5.69 Å². The van der Waals surface area contributed by atoms with E-state index in [9.17, 15) is 5.11 Å². The lowest BCUT2D eigenvalue weighted by molar-refractivity contribution is 0.0963. The highest BCUT2D eigenvalue weighted by molar-refractivity contribution is 5.85. The summed E-state index contributed by atoms with van der Waals surface area (Å²) in [5.74, 6) is 0. The molecular weight excluding hydrogens is 224 g/mol. The van der Waals surface area contributed by atoms with Crippen molar-refractivity contribution in [2.24, 2.45) is 0 Å². The van der Waals surface area contributed by atoms with E-state index in [-0.39, 0.29) is 19.1 Å². The fraction of sp³-hybridized carbons (Fsp3) is 0.500. The van der Waals surface area contributed by atoms with Crippen molar-refractivity contribution in [3.05, 3.63) is 29.8 Å². The zero-order valence-electron chi connectivity index (χ0n) is 9.30. The van der Waals surface area contributed by atoms with Crippen LogP contribution in [0.15, 0.2) is 24.3 Å². The number of hydrogen-bond donors (Lipinski definition) is 2. The number of nitrogens with zero attached hydrogens (tertiary/aromatic N) is 1. The quantitative estimate of drug-likeness (QED) is 0.793. The predicted molar refractivity (Wildman–Crippen MR) is 68.6 cm³/mol. The molecule has 0 radical (unpaired) electrons. The van der Waals surface area contributed by atoms with Gasteiger partial charge in [-0.3, -0.25) is 4.90 Å². The molecule has 0 aromatic heterocycles. The molecule has 1 aromatic rings. The first-order valence-corrected chi connectivity index (χ1v) is 5.49. The summed E-state index contributed by atoms with van der Waals surface area (Å²) in [6.45, 7) is 1.19. The van der Waals surface area contributed by atoms with Crippen LogP contribution in [-0.4, -0.2) is 29.3 Å². The molecule has 1 saturated heterocycles. The standard InChI is InChI=1S/C12H18N2O.ClH/c13-11-4-1-3-10(7-11)8-12-5-2-6-14(12)9-15;/h1,3-4,7,12,15H,2,5-6,8-9,13H2;1H/t12-;/m0./s1. The maximum Gasteiger partial charge on any atom is 0.0959 e. The van der Waals surface area contributed by atoms with E-state index >= 15 is 0 Å². The Morgan fingerprint density at radius 3 is 2.94 bits per heavy atom. The number of aliphatic hydroxyl groups excluding tert-OH is 1. The Balaban J connectivity index is 0.00000128. The Labute approximate surface area is 103 Å². The summed E-state index contributed by atoms with van der Waals surface area (Å²) in [4.78, 5) is 2.13. The van der Waals surface area contributed by atoms with Crippen molar-refractivity contribution in [1.29, 1.82) is 0 Å². The monoisotopic (exact) mass is 242 g/mol. The lowest BCUT2D eigenvalue weighted by Crippen LogP contribution is -2.31. The largest absolute Gasteiger partial charge is 0.399 e. The van der Waals surface area contributed by atoms with Crippen molar-refractivity contribution in [2.45, 2.75) is 25.3 Å². The van der Waals surface area contributed by atoms with E-state index in [1.165, 1.54) is 18.4 Å². The lowest BCUT2D eigenvalue weighted by Gasteiger charge is -2.21. The zero-order valence-corrected chi connectivity index (χ0v) is 10.1. The minimum Gasteiger partial charge on any atom is -0.399 e. The van der Waals surface area contributed by atoms with Crippen molar-refractivity contribution in [1.82, 2.24) is 4.90 Å². The number of aliphatic hydroxyl groups is 1. The van der Waals surface area contributed by atoms with Gasteiger partial charge in [0, 0.05) is 18.3 Å². The van der Waals surface area contributed by atoms with Crippen LogP contribution in [0.3, 0.4) is 0 Å². The molecular formula is C12H19ClN2O. The first-order valence-electron chi connectivity index (χ1n) is 5.49. The van der Waals surface area contributed by atoms with Crippen LogP contribution in [0, 0.1) is 0 Å². The molecule has 1 aromatic carbocycles. The van der Waals surface area contributed by atoms with Gasteiger partial charge in [-0.15, -0.1) is 12.4 Å². The van der Waals surface area contributed by atoms with Crippen molar-refractivity contribution in [3.8, 4) is 0 Å². The molecule has 4 heteroatoms. The number of halogens is 1. The van der Waals surface area contributed by atoms with Gasteiger partial charge in [0.05, 0.1) is 6.73 Å². The maximum absolute atomic E-state index is 9.17. The molecule has 0 unspecified atom stereocenters. The molecule has 90 valence electrons. The van der Waals surface area contributed by atoms with Gasteiger partial charge in [-0.25, -0.2) is 0 Å². The smallest absolute Gasteiger partial charge is 0.0959 e. The van der Waals surface area contributed by atoms with Gasteiger partial charge in [0.25, 0.3) is 0 Å². The third kappa shape index (κ3) is 3.11. The van der Waals surface area contributed by atoms with Crippen LogP contribution in [0.1, 0.15) is 18.4 Å². The van der Waals surface area contributed by atoms with Crippen LogP contribution in [-0.2, 0) is 6.42 Å². The highest BCUT2D eigenvalue weighted by Gasteiger charge is 2.23. The van der Waals surface area contributed by atoms with Gasteiger partial charge in [-0.2, -0.15) is 0 Å². The average Bonchev–Trinajstić information content (AvgIpc) is 2.65. The molecule has 16 heavy (non-hydrogen) atoms. The van der Waals surface area contributed by atoms with Crippen LogP contribution in [0.5, 0.6) is 0 Å². The number of nitrogens with two attached hydrogens (primary N) is 1. The normalized spacial score (nSPS) is 20.7. The topological polar surface area (TPSA) is 49.5 Å². The fourth-order valence-corrected chi connectivity index (χ4v) is 2.30. The number of benzene rings is 1. The number of rotatable bonds is 3. The van der Waals surface area contributed by atoms with E-state index in [1.807, 2.05) is 18.2 Å². The van der Waals surface area contributed by atoms with E-state index in [0.717, 1.165) is 18.7 Å². The fourth-order valence-electron chi connectivity index (χ4n) is 2.30. The third-order valence-corrected chi connectivity index (χ3v) is 3.10. The van der Waals surface area contributed by atoms with Gasteiger partial charge in [0.2, 0.25) is 0 Å². The lowest BCUT2D eigenvalue weighted by atomic mass is 10.0. The van der Waals surface area contributed by atoms with Crippen LogP contribution in [0.2, 0.25) is 0 Å². The second kappa shape index (κ2) is 6.09. The first-order chi connectivity index (χ1) is 7.29. The van der Waals surface area contributed by atoms with Gasteiger partial charge in [-0.1, -0.05) is 12.1 Å². The summed E-state index contributed by atoms with van der Waals surface area (Å²) < 4.78 is 0. The van der Waals surface area contributed by atoms with Crippen molar-refractivity contribution in [2.75, 3.05) is 19.0 Å². The van der Waals surface area contributed by atoms with Crippen molar-refractivity contribution >= 4 is 18.1 Å². The summed E-state index contributed by atoms with van der Waals surface area (Å²) in [7, 11) is 0. The summed E-state index contributed by atoms with van der Waals surface area (Å²) in [5, 5.41) is 9.17. The van der Waals surface area contributed by atoms with Crippen LogP contribution < -0.4 is 5.73 Å². The Hall–Kier alpha value is -0.770. The Bertz CT molecular complexity index is 333. The van der Waals surface area contributed by atoms with Crippen LogP contribution in [0.25, 0.3) is 0 Å². The highest BCUT2D eigenvalue weighted by Crippen LogP contribution is 2.21. The van der Waals surface area contributed by atoms with Crippen LogP contribution >= 0.6 is 12.4 Å². The van der Waals surface area contributed by atoms with Gasteiger partial charge in [-0.05, 0) is 37.0 Å². The minimum absolute atomic E-state index is 0. The number of likely N-dealkylation sites (tertiary alicyclic amines) is 1. The molecule has 0 saturated carbocycles. The Morgan fingerprint density at radius 2 is 2.25 bits per heavy atom. The first kappa shape index (κ1) is 13.3. The molecule has 3 N–H and O–H groups in total. The molecule has 2 rings (SSSR count). The van der Waals surface area contributed by atoms with Gasteiger partial charge >= 0.3 is 0 Å². The number of hydrogen-bond acceptors (Lipinski definition) is 3.